The predicted molar refractivity (Wildman–Crippen MR) is 80.4 cm³/mol. The van der Waals surface area contributed by atoms with Crippen molar-refractivity contribution in [2.24, 2.45) is 7.05 Å². The highest BCUT2D eigenvalue weighted by Gasteiger charge is 2.14. The van der Waals surface area contributed by atoms with Crippen LogP contribution in [-0.4, -0.2) is 47.7 Å². The maximum atomic E-state index is 4.75. The molecule has 2 rings (SSSR count). The third-order valence-electron chi connectivity index (χ3n) is 3.39. The van der Waals surface area contributed by atoms with Gasteiger partial charge in [-0.2, -0.15) is 0 Å². The van der Waals surface area contributed by atoms with Crippen molar-refractivity contribution in [3.05, 3.63) is 30.1 Å². The van der Waals surface area contributed by atoms with Crippen molar-refractivity contribution in [2.75, 3.05) is 27.2 Å². The number of nitrogens with one attached hydrogen (secondary N) is 1. The third-order valence-corrected chi connectivity index (χ3v) is 3.39. The normalized spacial score (nSPS) is 13.3. The average molecular weight is 260 g/mol. The second-order valence-corrected chi connectivity index (χ2v) is 5.30. The minimum Gasteiger partial charge on any atom is -0.331 e. The number of likely N-dealkylation sites (N-methyl/N-ethyl adjacent to an activating group) is 2. The number of benzene rings is 1. The van der Waals surface area contributed by atoms with E-state index in [1.807, 2.05) is 6.07 Å². The van der Waals surface area contributed by atoms with Crippen LogP contribution < -0.4 is 5.32 Å². The molecule has 0 radical (unpaired) electrons. The summed E-state index contributed by atoms with van der Waals surface area (Å²) >= 11 is 0. The van der Waals surface area contributed by atoms with E-state index in [9.17, 15) is 0 Å². The zero-order valence-electron chi connectivity index (χ0n) is 12.3. The molecule has 2 aromatic rings. The zero-order valence-corrected chi connectivity index (χ0v) is 12.3. The summed E-state index contributed by atoms with van der Waals surface area (Å²) in [4.78, 5) is 6.96. The van der Waals surface area contributed by atoms with Crippen LogP contribution in [0.3, 0.4) is 0 Å². The van der Waals surface area contributed by atoms with Gasteiger partial charge in [0, 0.05) is 26.1 Å². The summed E-state index contributed by atoms with van der Waals surface area (Å²) in [5.74, 6) is 1.15. The van der Waals surface area contributed by atoms with Gasteiger partial charge < -0.3 is 14.8 Å². The Kier molecular flexibility index (Phi) is 4.56. The SMILES string of the molecule is CCNC(Cc1nc2ccccc2n1C)CN(C)C. The molecule has 0 aliphatic heterocycles. The smallest absolute Gasteiger partial charge is 0.111 e. The van der Waals surface area contributed by atoms with E-state index in [-0.39, 0.29) is 0 Å². The molecule has 104 valence electrons. The third kappa shape index (κ3) is 3.33. The summed E-state index contributed by atoms with van der Waals surface area (Å²) < 4.78 is 2.20. The summed E-state index contributed by atoms with van der Waals surface area (Å²) in [6.45, 7) is 4.16. The number of hydrogen-bond donors (Lipinski definition) is 1. The molecule has 1 atom stereocenters. The van der Waals surface area contributed by atoms with Crippen LogP contribution >= 0.6 is 0 Å². The number of hydrogen-bond acceptors (Lipinski definition) is 3. The molecule has 0 spiro atoms. The van der Waals surface area contributed by atoms with Gasteiger partial charge in [0.05, 0.1) is 11.0 Å². The van der Waals surface area contributed by atoms with E-state index >= 15 is 0 Å². The van der Waals surface area contributed by atoms with Gasteiger partial charge in [-0.1, -0.05) is 19.1 Å². The van der Waals surface area contributed by atoms with Crippen LogP contribution in [0.15, 0.2) is 24.3 Å². The summed E-state index contributed by atoms with van der Waals surface area (Å²) in [6, 6.07) is 8.75. The lowest BCUT2D eigenvalue weighted by atomic mass is 10.2. The Morgan fingerprint density at radius 2 is 2.05 bits per heavy atom. The van der Waals surface area contributed by atoms with Crippen LogP contribution in [0.2, 0.25) is 0 Å². The monoisotopic (exact) mass is 260 g/mol. The molecule has 1 aromatic heterocycles. The van der Waals surface area contributed by atoms with Crippen molar-refractivity contribution in [2.45, 2.75) is 19.4 Å². The van der Waals surface area contributed by atoms with Crippen LogP contribution in [0.5, 0.6) is 0 Å². The Bertz CT molecular complexity index is 530. The molecule has 4 nitrogen and oxygen atoms in total. The summed E-state index contributed by atoms with van der Waals surface area (Å²) in [5, 5.41) is 3.54. The molecule has 4 heteroatoms. The van der Waals surface area contributed by atoms with Gasteiger partial charge in [0.15, 0.2) is 0 Å². The maximum Gasteiger partial charge on any atom is 0.111 e. The van der Waals surface area contributed by atoms with Gasteiger partial charge in [-0.3, -0.25) is 0 Å². The van der Waals surface area contributed by atoms with E-state index in [0.29, 0.717) is 6.04 Å². The fourth-order valence-electron chi connectivity index (χ4n) is 2.53. The largest absolute Gasteiger partial charge is 0.331 e. The summed E-state index contributed by atoms with van der Waals surface area (Å²) in [5.41, 5.74) is 2.29. The van der Waals surface area contributed by atoms with Gasteiger partial charge in [-0.25, -0.2) is 4.98 Å². The second kappa shape index (κ2) is 6.17. The Morgan fingerprint density at radius 1 is 1.32 bits per heavy atom. The molecule has 1 unspecified atom stereocenters. The number of aryl methyl sites for hydroxylation is 1. The van der Waals surface area contributed by atoms with Crippen molar-refractivity contribution in [3.63, 3.8) is 0 Å². The fraction of sp³-hybridized carbons (Fsp3) is 0.533. The Morgan fingerprint density at radius 3 is 2.68 bits per heavy atom. The summed E-state index contributed by atoms with van der Waals surface area (Å²) in [6.07, 6.45) is 0.956. The molecule has 0 aliphatic carbocycles. The van der Waals surface area contributed by atoms with Crippen LogP contribution in [0.1, 0.15) is 12.7 Å². The average Bonchev–Trinajstić information content (AvgIpc) is 2.67. The molecular formula is C15H24N4. The number of imidazole rings is 1. The number of para-hydroxylation sites is 2. The molecule has 0 saturated carbocycles. The van der Waals surface area contributed by atoms with Crippen molar-refractivity contribution >= 4 is 11.0 Å². The summed E-state index contributed by atoms with van der Waals surface area (Å²) in [7, 11) is 6.32. The molecule has 1 N–H and O–H groups in total. The van der Waals surface area contributed by atoms with Crippen LogP contribution in [-0.2, 0) is 13.5 Å². The first-order valence-electron chi connectivity index (χ1n) is 6.90. The highest BCUT2D eigenvalue weighted by atomic mass is 15.1. The van der Waals surface area contributed by atoms with Gasteiger partial charge in [0.1, 0.15) is 5.82 Å². The highest BCUT2D eigenvalue weighted by molar-refractivity contribution is 5.75. The Labute approximate surface area is 115 Å². The molecule has 0 aliphatic rings. The number of aromatic nitrogens is 2. The van der Waals surface area contributed by atoms with E-state index in [1.165, 1.54) is 5.52 Å². The highest BCUT2D eigenvalue weighted by Crippen LogP contribution is 2.15. The minimum absolute atomic E-state index is 0.440. The van der Waals surface area contributed by atoms with Crippen LogP contribution in [0, 0.1) is 0 Å². The van der Waals surface area contributed by atoms with Crippen molar-refractivity contribution < 1.29 is 0 Å². The van der Waals surface area contributed by atoms with Gasteiger partial charge in [0.25, 0.3) is 0 Å². The molecule has 0 saturated heterocycles. The van der Waals surface area contributed by atoms with E-state index in [0.717, 1.165) is 30.9 Å². The maximum absolute atomic E-state index is 4.75. The van der Waals surface area contributed by atoms with Gasteiger partial charge in [-0.15, -0.1) is 0 Å². The van der Waals surface area contributed by atoms with Crippen LogP contribution in [0.25, 0.3) is 11.0 Å². The van der Waals surface area contributed by atoms with Gasteiger partial charge >= 0.3 is 0 Å². The van der Waals surface area contributed by atoms with E-state index in [4.69, 9.17) is 4.98 Å². The molecule has 0 bridgehead atoms. The van der Waals surface area contributed by atoms with Gasteiger partial charge in [0.2, 0.25) is 0 Å². The number of fused-ring (bicyclic) bond motifs is 1. The lowest BCUT2D eigenvalue weighted by Gasteiger charge is -2.21. The van der Waals surface area contributed by atoms with Crippen molar-refractivity contribution in [1.29, 1.82) is 0 Å². The topological polar surface area (TPSA) is 33.1 Å². The van der Waals surface area contributed by atoms with E-state index in [1.54, 1.807) is 0 Å². The first-order chi connectivity index (χ1) is 9.11. The minimum atomic E-state index is 0.440. The first-order valence-corrected chi connectivity index (χ1v) is 6.90. The standard InChI is InChI=1S/C15H24N4/c1-5-16-12(11-18(2)3)10-15-17-13-8-6-7-9-14(13)19(15)4/h6-9,12,16H,5,10-11H2,1-4H3. The first kappa shape index (κ1) is 14.0. The molecular weight excluding hydrogens is 236 g/mol. The molecule has 0 fully saturated rings. The zero-order chi connectivity index (χ0) is 13.8. The van der Waals surface area contributed by atoms with Gasteiger partial charge in [-0.05, 0) is 32.8 Å². The van der Waals surface area contributed by atoms with Crippen LogP contribution in [0.4, 0.5) is 0 Å². The quantitative estimate of drug-likeness (QED) is 0.857. The Hall–Kier alpha value is -1.39. The lowest BCUT2D eigenvalue weighted by molar-refractivity contribution is 0.335. The number of rotatable bonds is 6. The fourth-order valence-corrected chi connectivity index (χ4v) is 2.53. The van der Waals surface area contributed by atoms with Crippen molar-refractivity contribution in [1.82, 2.24) is 19.8 Å². The predicted octanol–water partition coefficient (Wildman–Crippen LogP) is 1.66. The second-order valence-electron chi connectivity index (χ2n) is 5.30. The lowest BCUT2D eigenvalue weighted by Crippen LogP contribution is -2.40. The molecule has 1 aromatic carbocycles. The van der Waals surface area contributed by atoms with E-state index < -0.39 is 0 Å². The molecule has 0 amide bonds. The molecule has 19 heavy (non-hydrogen) atoms. The van der Waals surface area contributed by atoms with Crippen molar-refractivity contribution in [3.8, 4) is 0 Å². The number of nitrogens with zero attached hydrogens (tertiary/aromatic N) is 3. The molecule has 1 heterocycles. The van der Waals surface area contributed by atoms with E-state index in [2.05, 4.69) is 61.0 Å². The Balaban J connectivity index is 2.20.